The third-order valence-electron chi connectivity index (χ3n) is 3.47. The molecule has 0 bridgehead atoms. The smallest absolute Gasteiger partial charge is 0.345 e. The molecule has 0 saturated heterocycles. The summed E-state index contributed by atoms with van der Waals surface area (Å²) in [7, 11) is 0. The quantitative estimate of drug-likeness (QED) is 0.374. The molecule has 0 aliphatic carbocycles. The lowest BCUT2D eigenvalue weighted by molar-refractivity contribution is -0.385. The van der Waals surface area contributed by atoms with Gasteiger partial charge in [0.15, 0.2) is 6.10 Å². The molecule has 9 heteroatoms. The Morgan fingerprint density at radius 2 is 1.96 bits per heavy atom. The van der Waals surface area contributed by atoms with E-state index in [4.69, 9.17) is 20.8 Å². The Morgan fingerprint density at radius 3 is 2.65 bits per heavy atom. The number of ether oxygens (including phenoxy) is 1. The predicted octanol–water partition coefficient (Wildman–Crippen LogP) is 4.22. The highest BCUT2D eigenvalue weighted by Crippen LogP contribution is 2.27. The minimum absolute atomic E-state index is 0.0712. The lowest BCUT2D eigenvalue weighted by Crippen LogP contribution is -2.11. The number of hydrogen-bond acceptors (Lipinski definition) is 7. The maximum atomic E-state index is 12.3. The summed E-state index contributed by atoms with van der Waals surface area (Å²) in [5.41, 5.74) is 0.0644. The van der Waals surface area contributed by atoms with E-state index in [0.717, 1.165) is 11.6 Å². The van der Waals surface area contributed by atoms with E-state index in [1.54, 1.807) is 12.1 Å². The normalized spacial score (nSPS) is 11.8. The van der Waals surface area contributed by atoms with Gasteiger partial charge in [-0.15, -0.1) is 10.2 Å². The maximum Gasteiger partial charge on any atom is 0.345 e. The van der Waals surface area contributed by atoms with Crippen LogP contribution in [-0.4, -0.2) is 21.1 Å². The van der Waals surface area contributed by atoms with Crippen molar-refractivity contribution >= 4 is 23.3 Å². The van der Waals surface area contributed by atoms with E-state index in [1.165, 1.54) is 19.1 Å². The van der Waals surface area contributed by atoms with Crippen LogP contribution >= 0.6 is 11.6 Å². The number of rotatable bonds is 5. The summed E-state index contributed by atoms with van der Waals surface area (Å²) in [6.45, 7) is 1.52. The summed E-state index contributed by atoms with van der Waals surface area (Å²) in [6.07, 6.45) is -0.897. The monoisotopic (exact) mass is 373 g/mol. The summed E-state index contributed by atoms with van der Waals surface area (Å²) in [6, 6.07) is 12.7. The molecule has 0 aliphatic heterocycles. The van der Waals surface area contributed by atoms with Crippen LogP contribution in [0.2, 0.25) is 5.02 Å². The summed E-state index contributed by atoms with van der Waals surface area (Å²) < 4.78 is 10.7. The molecule has 1 heterocycles. The summed E-state index contributed by atoms with van der Waals surface area (Å²) in [4.78, 5) is 22.7. The first kappa shape index (κ1) is 17.6. The van der Waals surface area contributed by atoms with Gasteiger partial charge in [-0.3, -0.25) is 10.1 Å². The average molecular weight is 374 g/mol. The number of esters is 1. The molecular formula is C17H12ClN3O5. The molecule has 26 heavy (non-hydrogen) atoms. The molecule has 1 atom stereocenters. The van der Waals surface area contributed by atoms with Crippen LogP contribution < -0.4 is 0 Å². The van der Waals surface area contributed by atoms with Gasteiger partial charge in [-0.1, -0.05) is 29.8 Å². The van der Waals surface area contributed by atoms with E-state index < -0.39 is 22.7 Å². The number of nitrogens with zero attached hydrogens (tertiary/aromatic N) is 3. The van der Waals surface area contributed by atoms with Crippen molar-refractivity contribution in [2.24, 2.45) is 0 Å². The van der Waals surface area contributed by atoms with Gasteiger partial charge in [0.2, 0.25) is 5.89 Å². The fourth-order valence-corrected chi connectivity index (χ4v) is 2.37. The summed E-state index contributed by atoms with van der Waals surface area (Å²) in [5.74, 6) is -0.565. The molecule has 3 rings (SSSR count). The van der Waals surface area contributed by atoms with Crippen molar-refractivity contribution in [3.05, 3.63) is 75.1 Å². The second-order valence-electron chi connectivity index (χ2n) is 5.28. The van der Waals surface area contributed by atoms with E-state index in [0.29, 0.717) is 0 Å². The Labute approximate surface area is 152 Å². The van der Waals surface area contributed by atoms with E-state index >= 15 is 0 Å². The van der Waals surface area contributed by atoms with Crippen molar-refractivity contribution in [3.8, 4) is 11.5 Å². The Bertz CT molecular complexity index is 958. The fraction of sp³-hybridized carbons (Fsp3) is 0.118. The molecule has 0 N–H and O–H groups in total. The predicted molar refractivity (Wildman–Crippen MR) is 91.7 cm³/mol. The van der Waals surface area contributed by atoms with Crippen LogP contribution in [0.5, 0.6) is 0 Å². The van der Waals surface area contributed by atoms with E-state index in [2.05, 4.69) is 10.2 Å². The number of halogens is 1. The molecule has 3 aromatic rings. The van der Waals surface area contributed by atoms with Crippen molar-refractivity contribution in [2.45, 2.75) is 13.0 Å². The Morgan fingerprint density at radius 1 is 1.23 bits per heavy atom. The van der Waals surface area contributed by atoms with Crippen LogP contribution in [0.25, 0.3) is 11.5 Å². The van der Waals surface area contributed by atoms with Crippen molar-refractivity contribution in [2.75, 3.05) is 0 Å². The molecule has 1 unspecified atom stereocenters. The number of carbonyl (C=O) groups excluding carboxylic acids is 1. The molecule has 0 fully saturated rings. The van der Waals surface area contributed by atoms with Gasteiger partial charge in [0.25, 0.3) is 11.6 Å². The van der Waals surface area contributed by atoms with Crippen molar-refractivity contribution in [3.63, 3.8) is 0 Å². The molecule has 8 nitrogen and oxygen atoms in total. The van der Waals surface area contributed by atoms with Crippen LogP contribution in [-0.2, 0) is 4.74 Å². The number of carbonyl (C=O) groups is 1. The molecule has 0 aliphatic rings. The van der Waals surface area contributed by atoms with Gasteiger partial charge in [-0.2, -0.15) is 0 Å². The zero-order valence-electron chi connectivity index (χ0n) is 13.5. The first-order valence-corrected chi connectivity index (χ1v) is 7.87. The second kappa shape index (κ2) is 7.32. The maximum absolute atomic E-state index is 12.3. The molecule has 2 aromatic carbocycles. The average Bonchev–Trinajstić information content (AvgIpc) is 3.12. The molecule has 0 radical (unpaired) electrons. The lowest BCUT2D eigenvalue weighted by atomic mass is 10.2. The van der Waals surface area contributed by atoms with E-state index in [9.17, 15) is 14.9 Å². The van der Waals surface area contributed by atoms with Gasteiger partial charge in [0.1, 0.15) is 5.56 Å². The van der Waals surface area contributed by atoms with Gasteiger partial charge >= 0.3 is 5.97 Å². The highest BCUT2D eigenvalue weighted by Gasteiger charge is 2.26. The van der Waals surface area contributed by atoms with Crippen LogP contribution in [0.3, 0.4) is 0 Å². The minimum atomic E-state index is -0.911. The van der Waals surface area contributed by atoms with Crippen molar-refractivity contribution in [1.82, 2.24) is 10.2 Å². The number of benzene rings is 2. The van der Waals surface area contributed by atoms with Gasteiger partial charge < -0.3 is 9.15 Å². The van der Waals surface area contributed by atoms with Crippen LogP contribution in [0, 0.1) is 10.1 Å². The lowest BCUT2D eigenvalue weighted by Gasteiger charge is -2.09. The Hall–Kier alpha value is -3.26. The van der Waals surface area contributed by atoms with Crippen LogP contribution in [0.15, 0.2) is 52.9 Å². The largest absolute Gasteiger partial charge is 0.449 e. The zero-order valence-corrected chi connectivity index (χ0v) is 14.2. The second-order valence-corrected chi connectivity index (χ2v) is 5.71. The first-order valence-electron chi connectivity index (χ1n) is 7.49. The summed E-state index contributed by atoms with van der Waals surface area (Å²) >= 11 is 5.82. The standard InChI is InChI=1S/C17H12ClN3O5/c1-10(15-19-20-16(26-15)11-5-3-2-4-6-11)25-17(22)13-9-12(18)7-8-14(13)21(23)24/h2-10H,1H3. The molecule has 0 saturated carbocycles. The number of nitro benzene ring substituents is 1. The molecule has 1 aromatic heterocycles. The number of hydrogen-bond donors (Lipinski definition) is 0. The van der Waals surface area contributed by atoms with Gasteiger partial charge in [-0.25, -0.2) is 4.79 Å². The number of nitro groups is 1. The van der Waals surface area contributed by atoms with Crippen molar-refractivity contribution in [1.29, 1.82) is 0 Å². The highest BCUT2D eigenvalue weighted by molar-refractivity contribution is 6.31. The SMILES string of the molecule is CC(OC(=O)c1cc(Cl)ccc1[N+](=O)[O-])c1nnc(-c2ccccc2)o1. The van der Waals surface area contributed by atoms with Crippen LogP contribution in [0.1, 0.15) is 29.3 Å². The van der Waals surface area contributed by atoms with E-state index in [-0.39, 0.29) is 22.4 Å². The van der Waals surface area contributed by atoms with Crippen molar-refractivity contribution < 1.29 is 18.9 Å². The van der Waals surface area contributed by atoms with Gasteiger partial charge in [0.05, 0.1) is 4.92 Å². The molecule has 132 valence electrons. The topological polar surface area (TPSA) is 108 Å². The van der Waals surface area contributed by atoms with Crippen LogP contribution in [0.4, 0.5) is 5.69 Å². The Kier molecular flexibility index (Phi) is 4.94. The Balaban J connectivity index is 1.79. The fourth-order valence-electron chi connectivity index (χ4n) is 2.20. The third kappa shape index (κ3) is 3.70. The first-order chi connectivity index (χ1) is 12.5. The third-order valence-corrected chi connectivity index (χ3v) is 3.70. The molecular weight excluding hydrogens is 362 g/mol. The van der Waals surface area contributed by atoms with Gasteiger partial charge in [0, 0.05) is 16.7 Å². The molecule has 0 spiro atoms. The number of aromatic nitrogens is 2. The zero-order chi connectivity index (χ0) is 18.7. The highest BCUT2D eigenvalue weighted by atomic mass is 35.5. The van der Waals surface area contributed by atoms with Gasteiger partial charge in [-0.05, 0) is 31.2 Å². The molecule has 0 amide bonds. The van der Waals surface area contributed by atoms with E-state index in [1.807, 2.05) is 18.2 Å². The summed E-state index contributed by atoms with van der Waals surface area (Å²) in [5, 5.41) is 19.0. The minimum Gasteiger partial charge on any atom is -0.449 e.